The Morgan fingerprint density at radius 2 is 1.92 bits per heavy atom. The first-order valence-electron chi connectivity index (χ1n) is 11.4. The van der Waals surface area contributed by atoms with Gasteiger partial charge in [0.05, 0.1) is 29.8 Å². The van der Waals surface area contributed by atoms with Gasteiger partial charge in [0, 0.05) is 18.2 Å². The number of carbonyl (C=O) groups excluding carboxylic acids is 1. The fourth-order valence-electron chi connectivity index (χ4n) is 4.12. The number of aryl methyl sites for hydroxylation is 1. The van der Waals surface area contributed by atoms with E-state index in [-0.39, 0.29) is 35.8 Å². The summed E-state index contributed by atoms with van der Waals surface area (Å²) in [6, 6.07) is 11.4. The molecule has 1 saturated carbocycles. The second kappa shape index (κ2) is 9.93. The summed E-state index contributed by atoms with van der Waals surface area (Å²) >= 11 is 0. The molecule has 4 rings (SSSR count). The van der Waals surface area contributed by atoms with Crippen molar-refractivity contribution < 1.29 is 26.4 Å². The van der Waals surface area contributed by atoms with E-state index in [9.17, 15) is 26.4 Å². The molecule has 1 amide bonds. The molecule has 2 aromatic carbocycles. The van der Waals surface area contributed by atoms with Crippen LogP contribution in [0.25, 0.3) is 0 Å². The number of aromatic nitrogens is 2. The van der Waals surface area contributed by atoms with E-state index in [0.29, 0.717) is 11.3 Å². The van der Waals surface area contributed by atoms with Gasteiger partial charge in [-0.15, -0.1) is 6.58 Å². The van der Waals surface area contributed by atoms with Crippen LogP contribution in [0.5, 0.6) is 0 Å². The molecule has 0 atom stereocenters. The van der Waals surface area contributed by atoms with Crippen molar-refractivity contribution in [2.24, 2.45) is 0 Å². The number of nitrogens with zero attached hydrogens (tertiary/aromatic N) is 3. The van der Waals surface area contributed by atoms with E-state index in [1.807, 2.05) is 19.1 Å². The molecular formula is C26H26F3N3O3S. The van der Waals surface area contributed by atoms with E-state index >= 15 is 0 Å². The molecule has 3 aromatic rings. The van der Waals surface area contributed by atoms with Crippen LogP contribution < -0.4 is 0 Å². The molecule has 1 fully saturated rings. The fourth-order valence-corrected chi connectivity index (χ4v) is 5.65. The first-order valence-corrected chi connectivity index (χ1v) is 13.1. The molecule has 0 aliphatic heterocycles. The highest BCUT2D eigenvalue weighted by Crippen LogP contribution is 2.39. The average Bonchev–Trinajstić information content (AvgIpc) is 3.57. The summed E-state index contributed by atoms with van der Waals surface area (Å²) in [6.07, 6.45) is -0.0409. The smallest absolute Gasteiger partial charge is 0.329 e. The maximum absolute atomic E-state index is 13.3. The summed E-state index contributed by atoms with van der Waals surface area (Å²) in [5.41, 5.74) is 1.02. The molecule has 0 saturated heterocycles. The van der Waals surface area contributed by atoms with Crippen molar-refractivity contribution in [1.29, 1.82) is 0 Å². The van der Waals surface area contributed by atoms with Crippen LogP contribution in [-0.4, -0.2) is 35.3 Å². The summed E-state index contributed by atoms with van der Waals surface area (Å²) in [5.74, 6) is -0.830. The maximum Gasteiger partial charge on any atom is 0.416 e. The van der Waals surface area contributed by atoms with Crippen LogP contribution >= 0.6 is 0 Å². The number of hydrogen-bond acceptors (Lipinski definition) is 4. The van der Waals surface area contributed by atoms with Crippen molar-refractivity contribution in [3.8, 4) is 0 Å². The van der Waals surface area contributed by atoms with Crippen LogP contribution in [0.2, 0.25) is 0 Å². The Morgan fingerprint density at radius 3 is 2.56 bits per heavy atom. The molecule has 6 nitrogen and oxygen atoms in total. The number of imidazole rings is 1. The number of carbonyl (C=O) groups is 1. The molecule has 10 heteroatoms. The van der Waals surface area contributed by atoms with Gasteiger partial charge in [0.25, 0.3) is 5.91 Å². The van der Waals surface area contributed by atoms with Crippen LogP contribution in [0.1, 0.15) is 51.6 Å². The van der Waals surface area contributed by atoms with Crippen molar-refractivity contribution in [3.05, 3.63) is 95.3 Å². The van der Waals surface area contributed by atoms with Crippen LogP contribution in [-0.2, 0) is 28.3 Å². The molecule has 0 spiro atoms. The van der Waals surface area contributed by atoms with Crippen LogP contribution in [0.3, 0.4) is 0 Å². The molecule has 0 radical (unpaired) electrons. The normalized spacial score (nSPS) is 14.0. The maximum atomic E-state index is 13.3. The van der Waals surface area contributed by atoms with Gasteiger partial charge in [-0.2, -0.15) is 13.2 Å². The van der Waals surface area contributed by atoms with Crippen molar-refractivity contribution >= 4 is 15.7 Å². The number of benzene rings is 2. The average molecular weight is 518 g/mol. The second-order valence-electron chi connectivity index (χ2n) is 8.88. The van der Waals surface area contributed by atoms with E-state index < -0.39 is 27.3 Å². The zero-order valence-corrected chi connectivity index (χ0v) is 20.5. The molecule has 36 heavy (non-hydrogen) atoms. The summed E-state index contributed by atoms with van der Waals surface area (Å²) in [4.78, 5) is 19.0. The minimum Gasteiger partial charge on any atom is -0.329 e. The molecule has 0 unspecified atom stereocenters. The molecule has 0 N–H and O–H groups in total. The molecule has 190 valence electrons. The molecule has 1 aromatic heterocycles. The molecule has 1 heterocycles. The Labute approximate surface area is 208 Å². The van der Waals surface area contributed by atoms with Gasteiger partial charge in [-0.1, -0.05) is 42.5 Å². The lowest BCUT2D eigenvalue weighted by Crippen LogP contribution is -2.32. The molecular weight excluding hydrogens is 491 g/mol. The predicted octanol–water partition coefficient (Wildman–Crippen LogP) is 5.35. The van der Waals surface area contributed by atoms with E-state index in [2.05, 4.69) is 11.6 Å². The van der Waals surface area contributed by atoms with Gasteiger partial charge in [0.1, 0.15) is 0 Å². The quantitative estimate of drug-likeness (QED) is 0.359. The zero-order valence-electron chi connectivity index (χ0n) is 19.7. The lowest BCUT2D eigenvalue weighted by molar-refractivity contribution is -0.137. The van der Waals surface area contributed by atoms with E-state index in [4.69, 9.17) is 0 Å². The van der Waals surface area contributed by atoms with Gasteiger partial charge in [0.15, 0.2) is 0 Å². The van der Waals surface area contributed by atoms with Crippen molar-refractivity contribution in [2.45, 2.75) is 49.4 Å². The Morgan fingerprint density at radius 1 is 1.19 bits per heavy atom. The fraction of sp³-hybridized carbons (Fsp3) is 0.308. The highest BCUT2D eigenvalue weighted by atomic mass is 32.2. The summed E-state index contributed by atoms with van der Waals surface area (Å²) < 4.78 is 67.5. The Hall–Kier alpha value is -3.40. The topological polar surface area (TPSA) is 72.3 Å². The number of hydrogen-bond donors (Lipinski definition) is 0. The molecule has 1 aliphatic carbocycles. The molecule has 1 aliphatic rings. The third-order valence-electron chi connectivity index (χ3n) is 6.01. The number of alkyl halides is 3. The SMILES string of the molecule is C=CCN(Cc1cnc(S(=O)(=O)Cc2cccc(C(F)(F)F)c2)n1C1CC1)C(=O)c1ccccc1C. The van der Waals surface area contributed by atoms with Crippen molar-refractivity contribution in [3.63, 3.8) is 0 Å². The van der Waals surface area contributed by atoms with Crippen LogP contribution in [0, 0.1) is 6.92 Å². The van der Waals surface area contributed by atoms with Crippen molar-refractivity contribution in [2.75, 3.05) is 6.54 Å². The highest BCUT2D eigenvalue weighted by Gasteiger charge is 2.35. The molecule has 0 bridgehead atoms. The van der Waals surface area contributed by atoms with Crippen molar-refractivity contribution in [1.82, 2.24) is 14.5 Å². The van der Waals surface area contributed by atoms with Crippen LogP contribution in [0.4, 0.5) is 13.2 Å². The summed E-state index contributed by atoms with van der Waals surface area (Å²) in [7, 11) is -4.06. The summed E-state index contributed by atoms with van der Waals surface area (Å²) in [6.45, 7) is 5.93. The minimum absolute atomic E-state index is 0.0275. The lowest BCUT2D eigenvalue weighted by Gasteiger charge is -2.23. The Balaban J connectivity index is 1.64. The first-order chi connectivity index (χ1) is 17.0. The van der Waals surface area contributed by atoms with Gasteiger partial charge in [0.2, 0.25) is 15.0 Å². The largest absolute Gasteiger partial charge is 0.416 e. The standard InChI is InChI=1S/C26H26F3N3O3S/c1-3-13-31(24(33)23-10-5-4-7-18(23)2)16-22-15-30-25(32(22)21-11-12-21)36(34,35)17-19-8-6-9-20(14-19)26(27,28)29/h3-10,14-15,21H,1,11-13,16-17H2,2H3. The van der Waals surface area contributed by atoms with E-state index in [1.54, 1.807) is 27.7 Å². The monoisotopic (exact) mass is 517 g/mol. The van der Waals surface area contributed by atoms with Crippen LogP contribution in [0.15, 0.2) is 72.5 Å². The number of rotatable bonds is 9. The van der Waals surface area contributed by atoms with E-state index in [0.717, 1.165) is 30.5 Å². The van der Waals surface area contributed by atoms with Gasteiger partial charge in [-0.3, -0.25) is 4.79 Å². The second-order valence-corrected chi connectivity index (χ2v) is 10.8. The third-order valence-corrected chi connectivity index (χ3v) is 7.58. The first kappa shape index (κ1) is 25.7. The number of sulfone groups is 1. The van der Waals surface area contributed by atoms with Gasteiger partial charge >= 0.3 is 6.18 Å². The number of halogens is 3. The zero-order chi connectivity index (χ0) is 26.1. The van der Waals surface area contributed by atoms with Gasteiger partial charge < -0.3 is 9.47 Å². The van der Waals surface area contributed by atoms with E-state index in [1.165, 1.54) is 18.3 Å². The predicted molar refractivity (Wildman–Crippen MR) is 129 cm³/mol. The Bertz CT molecular complexity index is 1390. The van der Waals surface area contributed by atoms with Gasteiger partial charge in [-0.25, -0.2) is 13.4 Å². The highest BCUT2D eigenvalue weighted by molar-refractivity contribution is 7.90. The lowest BCUT2D eigenvalue weighted by atomic mass is 10.1. The third kappa shape index (κ3) is 5.53. The minimum atomic E-state index is -4.57. The Kier molecular flexibility index (Phi) is 7.08. The summed E-state index contributed by atoms with van der Waals surface area (Å²) in [5, 5.41) is -0.195. The number of amides is 1. The van der Waals surface area contributed by atoms with Gasteiger partial charge in [-0.05, 0) is 43.0 Å².